The first-order chi connectivity index (χ1) is 9.22. The summed E-state index contributed by atoms with van der Waals surface area (Å²) in [7, 11) is -1.82. The van der Waals surface area contributed by atoms with Crippen molar-refractivity contribution >= 4 is 20.8 Å². The van der Waals surface area contributed by atoms with E-state index in [-0.39, 0.29) is 5.41 Å². The van der Waals surface area contributed by atoms with E-state index in [0.717, 1.165) is 10.8 Å². The molecular weight excluding hydrogens is 270 g/mol. The molecule has 108 valence electrons. The van der Waals surface area contributed by atoms with Crippen LogP contribution in [0, 0.1) is 5.41 Å². The fourth-order valence-electron chi connectivity index (χ4n) is 2.34. The molecule has 0 aliphatic carbocycles. The van der Waals surface area contributed by atoms with Crippen molar-refractivity contribution < 1.29 is 8.42 Å². The van der Waals surface area contributed by atoms with Gasteiger partial charge in [0.25, 0.3) is 0 Å². The minimum Gasteiger partial charge on any atom is -0.207 e. The highest BCUT2D eigenvalue weighted by molar-refractivity contribution is 7.89. The van der Waals surface area contributed by atoms with E-state index >= 15 is 0 Å². The summed E-state index contributed by atoms with van der Waals surface area (Å²) in [6.45, 7) is 6.57. The van der Waals surface area contributed by atoms with Gasteiger partial charge in [-0.25, -0.2) is 12.7 Å². The Kier molecular flexibility index (Phi) is 3.89. The molecule has 4 heteroatoms. The standard InChI is InChI=1S/C16H21NO2S/c1-16(2,3)12-17(4)20(18,19)15-11-7-9-13-8-5-6-10-14(13)15/h5-11H,12H2,1-4H3. The minimum atomic E-state index is -3.47. The monoisotopic (exact) mass is 291 g/mol. The Bertz CT molecular complexity index is 709. The van der Waals surface area contributed by atoms with Crippen molar-refractivity contribution in [3.05, 3.63) is 42.5 Å². The molecule has 0 saturated carbocycles. The largest absolute Gasteiger partial charge is 0.243 e. The summed E-state index contributed by atoms with van der Waals surface area (Å²) in [5, 5.41) is 1.72. The lowest BCUT2D eigenvalue weighted by atomic mass is 9.97. The zero-order chi connectivity index (χ0) is 15.0. The Morgan fingerprint density at radius 2 is 1.60 bits per heavy atom. The third kappa shape index (κ3) is 3.02. The lowest BCUT2D eigenvalue weighted by Gasteiger charge is -2.26. The highest BCUT2D eigenvalue weighted by Gasteiger charge is 2.26. The molecule has 0 aliphatic heterocycles. The summed E-state index contributed by atoms with van der Waals surface area (Å²) < 4.78 is 26.9. The summed E-state index contributed by atoms with van der Waals surface area (Å²) in [6.07, 6.45) is 0. The van der Waals surface area contributed by atoms with E-state index in [1.165, 1.54) is 4.31 Å². The van der Waals surface area contributed by atoms with E-state index in [0.29, 0.717) is 11.4 Å². The van der Waals surface area contributed by atoms with Crippen LogP contribution in [-0.2, 0) is 10.0 Å². The van der Waals surface area contributed by atoms with Crippen molar-refractivity contribution in [1.82, 2.24) is 4.31 Å². The third-order valence-corrected chi connectivity index (χ3v) is 5.00. The molecule has 0 bridgehead atoms. The average Bonchev–Trinajstić information content (AvgIpc) is 2.36. The Balaban J connectivity index is 2.52. The molecule has 0 radical (unpaired) electrons. The van der Waals surface area contributed by atoms with E-state index in [1.807, 2.05) is 51.1 Å². The molecule has 2 rings (SSSR count). The van der Waals surface area contributed by atoms with Gasteiger partial charge >= 0.3 is 0 Å². The summed E-state index contributed by atoms with van der Waals surface area (Å²) in [5.41, 5.74) is -0.0770. The Morgan fingerprint density at radius 3 is 2.25 bits per heavy atom. The van der Waals surface area contributed by atoms with Gasteiger partial charge in [0, 0.05) is 19.0 Å². The number of hydrogen-bond acceptors (Lipinski definition) is 2. The van der Waals surface area contributed by atoms with Crippen LogP contribution < -0.4 is 0 Å². The first-order valence-electron chi connectivity index (χ1n) is 6.66. The molecule has 0 spiro atoms. The molecule has 0 N–H and O–H groups in total. The van der Waals surface area contributed by atoms with Crippen molar-refractivity contribution in [1.29, 1.82) is 0 Å². The van der Waals surface area contributed by atoms with Gasteiger partial charge in [0.05, 0.1) is 4.90 Å². The molecule has 0 saturated heterocycles. The van der Waals surface area contributed by atoms with Crippen molar-refractivity contribution in [3.8, 4) is 0 Å². The summed E-state index contributed by atoms with van der Waals surface area (Å²) in [4.78, 5) is 0.377. The van der Waals surface area contributed by atoms with Crippen molar-refractivity contribution in [2.45, 2.75) is 25.7 Å². The molecule has 0 unspecified atom stereocenters. The van der Waals surface area contributed by atoms with Gasteiger partial charge in [-0.2, -0.15) is 0 Å². The maximum Gasteiger partial charge on any atom is 0.243 e. The van der Waals surface area contributed by atoms with E-state index in [9.17, 15) is 8.42 Å². The van der Waals surface area contributed by atoms with E-state index in [1.54, 1.807) is 19.2 Å². The van der Waals surface area contributed by atoms with Crippen LogP contribution in [0.1, 0.15) is 20.8 Å². The smallest absolute Gasteiger partial charge is 0.207 e. The number of fused-ring (bicyclic) bond motifs is 1. The maximum absolute atomic E-state index is 12.7. The number of hydrogen-bond donors (Lipinski definition) is 0. The number of sulfonamides is 1. The molecule has 0 heterocycles. The zero-order valence-electron chi connectivity index (χ0n) is 12.4. The second-order valence-corrected chi connectivity index (χ2v) is 8.31. The van der Waals surface area contributed by atoms with Crippen molar-refractivity contribution in [2.24, 2.45) is 5.41 Å². The van der Waals surface area contributed by atoms with Gasteiger partial charge in [0.2, 0.25) is 10.0 Å². The van der Waals surface area contributed by atoms with Crippen LogP contribution in [0.3, 0.4) is 0 Å². The SMILES string of the molecule is CN(CC(C)(C)C)S(=O)(=O)c1cccc2ccccc12. The van der Waals surface area contributed by atoms with Crippen LogP contribution in [0.15, 0.2) is 47.4 Å². The van der Waals surface area contributed by atoms with Crippen LogP contribution in [-0.4, -0.2) is 26.3 Å². The molecule has 2 aromatic rings. The number of benzene rings is 2. The van der Waals surface area contributed by atoms with Crippen LogP contribution in [0.25, 0.3) is 10.8 Å². The lowest BCUT2D eigenvalue weighted by Crippen LogP contribution is -2.34. The van der Waals surface area contributed by atoms with Gasteiger partial charge in [0.1, 0.15) is 0 Å². The number of nitrogens with zero attached hydrogens (tertiary/aromatic N) is 1. The maximum atomic E-state index is 12.7. The third-order valence-electron chi connectivity index (χ3n) is 3.13. The lowest BCUT2D eigenvalue weighted by molar-refractivity contribution is 0.311. The first-order valence-corrected chi connectivity index (χ1v) is 8.10. The molecule has 20 heavy (non-hydrogen) atoms. The van der Waals surface area contributed by atoms with Crippen LogP contribution in [0.4, 0.5) is 0 Å². The van der Waals surface area contributed by atoms with E-state index < -0.39 is 10.0 Å². The van der Waals surface area contributed by atoms with E-state index in [2.05, 4.69) is 0 Å². The fraction of sp³-hybridized carbons (Fsp3) is 0.375. The summed E-state index contributed by atoms with van der Waals surface area (Å²) in [6, 6.07) is 13.0. The van der Waals surface area contributed by atoms with Gasteiger partial charge in [-0.05, 0) is 16.9 Å². The van der Waals surface area contributed by atoms with Crippen LogP contribution in [0.5, 0.6) is 0 Å². The van der Waals surface area contributed by atoms with Crippen LogP contribution in [0.2, 0.25) is 0 Å². The highest BCUT2D eigenvalue weighted by atomic mass is 32.2. The first kappa shape index (κ1) is 15.0. The average molecular weight is 291 g/mol. The molecule has 0 amide bonds. The predicted molar refractivity (Wildman–Crippen MR) is 83.2 cm³/mol. The predicted octanol–water partition coefficient (Wildman–Crippen LogP) is 3.51. The Morgan fingerprint density at radius 1 is 1.00 bits per heavy atom. The zero-order valence-corrected chi connectivity index (χ0v) is 13.2. The Labute approximate surface area is 121 Å². The van der Waals surface area contributed by atoms with Gasteiger partial charge in [0.15, 0.2) is 0 Å². The molecule has 0 aliphatic rings. The van der Waals surface area contributed by atoms with Crippen molar-refractivity contribution in [2.75, 3.05) is 13.6 Å². The molecule has 0 atom stereocenters. The highest BCUT2D eigenvalue weighted by Crippen LogP contribution is 2.26. The molecular formula is C16H21NO2S. The van der Waals surface area contributed by atoms with Gasteiger partial charge in [-0.3, -0.25) is 0 Å². The minimum absolute atomic E-state index is 0.0770. The quantitative estimate of drug-likeness (QED) is 0.868. The second-order valence-electron chi connectivity index (χ2n) is 6.30. The topological polar surface area (TPSA) is 37.4 Å². The molecule has 0 aromatic heterocycles. The summed E-state index contributed by atoms with van der Waals surface area (Å²) >= 11 is 0. The second kappa shape index (κ2) is 5.19. The molecule has 2 aromatic carbocycles. The van der Waals surface area contributed by atoms with Gasteiger partial charge in [-0.15, -0.1) is 0 Å². The fourth-order valence-corrected chi connectivity index (χ4v) is 3.95. The Hall–Kier alpha value is -1.39. The van der Waals surface area contributed by atoms with Gasteiger partial charge < -0.3 is 0 Å². The normalized spacial score (nSPS) is 13.1. The van der Waals surface area contributed by atoms with Crippen LogP contribution >= 0.6 is 0 Å². The van der Waals surface area contributed by atoms with Crippen molar-refractivity contribution in [3.63, 3.8) is 0 Å². The van der Waals surface area contributed by atoms with E-state index in [4.69, 9.17) is 0 Å². The number of rotatable bonds is 3. The molecule has 3 nitrogen and oxygen atoms in total. The summed E-state index contributed by atoms with van der Waals surface area (Å²) in [5.74, 6) is 0. The van der Waals surface area contributed by atoms with Gasteiger partial charge in [-0.1, -0.05) is 57.2 Å². The molecule has 0 fully saturated rings.